The van der Waals surface area contributed by atoms with Crippen LogP contribution in [-0.4, -0.2) is 11.2 Å². The largest absolute Gasteiger partial charge is 0.349 e. The Balaban J connectivity index is 1.65. The molecule has 1 N–H and O–H groups in total. The van der Waals surface area contributed by atoms with Gasteiger partial charge >= 0.3 is 0 Å². The predicted octanol–water partition coefficient (Wildman–Crippen LogP) is 4.34. The van der Waals surface area contributed by atoms with Crippen LogP contribution < -0.4 is 5.32 Å². The molecule has 21 heavy (non-hydrogen) atoms. The molecule has 0 saturated carbocycles. The molecule has 0 bridgehead atoms. The van der Waals surface area contributed by atoms with Gasteiger partial charge in [-0.15, -0.1) is 11.8 Å². The van der Waals surface area contributed by atoms with E-state index in [4.69, 9.17) is 0 Å². The normalized spacial score (nSPS) is 18.1. The number of hydrogen-bond acceptors (Lipinski definition) is 2. The second-order valence-corrected chi connectivity index (χ2v) is 7.36. The number of thioether (sulfide) groups is 1. The zero-order valence-electron chi connectivity index (χ0n) is 11.7. The highest BCUT2D eigenvalue weighted by Gasteiger charge is 2.28. The molecule has 3 rings (SSSR count). The van der Waals surface area contributed by atoms with Crippen LogP contribution in [0.4, 0.5) is 0 Å². The zero-order valence-corrected chi connectivity index (χ0v) is 14.1. The Hall–Kier alpha value is -1.26. The quantitative estimate of drug-likeness (QED) is 0.880. The molecule has 0 radical (unpaired) electrons. The molecule has 1 aliphatic rings. The van der Waals surface area contributed by atoms with Crippen LogP contribution in [0, 0.1) is 0 Å². The van der Waals surface area contributed by atoms with Crippen molar-refractivity contribution in [3.05, 3.63) is 64.1 Å². The highest BCUT2D eigenvalue weighted by molar-refractivity contribution is 9.10. The molecule has 2 aromatic rings. The molecule has 2 aromatic carbocycles. The molecule has 0 aliphatic carbocycles. The maximum absolute atomic E-state index is 12.4. The summed E-state index contributed by atoms with van der Waals surface area (Å²) >= 11 is 5.13. The van der Waals surface area contributed by atoms with Crippen LogP contribution in [0.5, 0.6) is 0 Å². The first-order valence-corrected chi connectivity index (χ1v) is 8.61. The fraction of sp³-hybridized carbons (Fsp3) is 0.235. The van der Waals surface area contributed by atoms with Gasteiger partial charge in [-0.2, -0.15) is 0 Å². The second-order valence-electron chi connectivity index (χ2n) is 5.20. The highest BCUT2D eigenvalue weighted by Crippen LogP contribution is 2.37. The summed E-state index contributed by atoms with van der Waals surface area (Å²) in [6.07, 6.45) is 0.817. The first-order valence-electron chi connectivity index (χ1n) is 6.94. The minimum atomic E-state index is -0.0167. The SMILES string of the molecule is CC(NC(=O)C1Cc2ccccc2S1)c1cccc(Br)c1. The number of carbonyl (C=O) groups excluding carboxylic acids is 1. The first kappa shape index (κ1) is 14.7. The van der Waals surface area contributed by atoms with Crippen molar-refractivity contribution in [2.75, 3.05) is 0 Å². The lowest BCUT2D eigenvalue weighted by Gasteiger charge is -2.17. The molecule has 0 aromatic heterocycles. The summed E-state index contributed by atoms with van der Waals surface area (Å²) in [5.41, 5.74) is 2.39. The number of rotatable bonds is 3. The number of carbonyl (C=O) groups is 1. The monoisotopic (exact) mass is 361 g/mol. The summed E-state index contributed by atoms with van der Waals surface area (Å²) in [6, 6.07) is 16.3. The van der Waals surface area contributed by atoms with Crippen molar-refractivity contribution < 1.29 is 4.79 Å². The molecular formula is C17H16BrNOS. The Labute approximate surface area is 137 Å². The van der Waals surface area contributed by atoms with Crippen molar-refractivity contribution in [3.8, 4) is 0 Å². The van der Waals surface area contributed by atoms with Crippen LogP contribution in [0.2, 0.25) is 0 Å². The summed E-state index contributed by atoms with van der Waals surface area (Å²) in [6.45, 7) is 2.02. The van der Waals surface area contributed by atoms with Gasteiger partial charge < -0.3 is 5.32 Å². The van der Waals surface area contributed by atoms with E-state index in [9.17, 15) is 4.79 Å². The molecule has 4 heteroatoms. The Morgan fingerprint density at radius 3 is 2.86 bits per heavy atom. The molecule has 0 saturated heterocycles. The molecule has 0 spiro atoms. The van der Waals surface area contributed by atoms with E-state index in [1.54, 1.807) is 11.8 Å². The van der Waals surface area contributed by atoms with Gasteiger partial charge in [0.05, 0.1) is 11.3 Å². The third kappa shape index (κ3) is 3.33. The lowest BCUT2D eigenvalue weighted by atomic mass is 10.1. The fourth-order valence-corrected chi connectivity index (χ4v) is 4.12. The average molecular weight is 362 g/mol. The van der Waals surface area contributed by atoms with Crippen LogP contribution in [0.25, 0.3) is 0 Å². The minimum Gasteiger partial charge on any atom is -0.349 e. The van der Waals surface area contributed by atoms with Gasteiger partial charge in [0.2, 0.25) is 5.91 Å². The maximum atomic E-state index is 12.4. The van der Waals surface area contributed by atoms with E-state index in [1.165, 1.54) is 10.5 Å². The van der Waals surface area contributed by atoms with Gasteiger partial charge in [0.25, 0.3) is 0 Å². The van der Waals surface area contributed by atoms with E-state index < -0.39 is 0 Å². The van der Waals surface area contributed by atoms with Gasteiger partial charge in [-0.05, 0) is 42.7 Å². The number of amides is 1. The number of halogens is 1. The third-order valence-corrected chi connectivity index (χ3v) is 5.46. The number of nitrogens with one attached hydrogen (secondary N) is 1. The second kappa shape index (κ2) is 6.24. The van der Waals surface area contributed by atoms with Gasteiger partial charge in [0, 0.05) is 9.37 Å². The van der Waals surface area contributed by atoms with E-state index in [0.717, 1.165) is 16.5 Å². The van der Waals surface area contributed by atoms with Crippen LogP contribution in [0.1, 0.15) is 24.1 Å². The lowest BCUT2D eigenvalue weighted by molar-refractivity contribution is -0.121. The fourth-order valence-electron chi connectivity index (χ4n) is 2.49. The molecule has 1 amide bonds. The van der Waals surface area contributed by atoms with Crippen LogP contribution in [-0.2, 0) is 11.2 Å². The van der Waals surface area contributed by atoms with E-state index in [2.05, 4.69) is 33.4 Å². The van der Waals surface area contributed by atoms with Crippen molar-refractivity contribution in [2.45, 2.75) is 29.5 Å². The van der Waals surface area contributed by atoms with E-state index in [-0.39, 0.29) is 17.2 Å². The molecule has 2 nitrogen and oxygen atoms in total. The average Bonchev–Trinajstić information content (AvgIpc) is 2.91. The van der Waals surface area contributed by atoms with Crippen molar-refractivity contribution in [1.29, 1.82) is 0 Å². The molecule has 2 unspecified atom stereocenters. The van der Waals surface area contributed by atoms with Crippen LogP contribution in [0.3, 0.4) is 0 Å². The van der Waals surface area contributed by atoms with Gasteiger partial charge in [-0.3, -0.25) is 4.79 Å². The molecule has 0 fully saturated rings. The summed E-state index contributed by atoms with van der Waals surface area (Å²) in [5.74, 6) is 0.115. The minimum absolute atomic E-state index is 0.0133. The highest BCUT2D eigenvalue weighted by atomic mass is 79.9. The summed E-state index contributed by atoms with van der Waals surface area (Å²) in [7, 11) is 0. The smallest absolute Gasteiger partial charge is 0.234 e. The number of hydrogen-bond donors (Lipinski definition) is 1. The Kier molecular flexibility index (Phi) is 4.36. The van der Waals surface area contributed by atoms with Gasteiger partial charge in [-0.1, -0.05) is 46.3 Å². The summed E-state index contributed by atoms with van der Waals surface area (Å²) in [4.78, 5) is 13.7. The van der Waals surface area contributed by atoms with Gasteiger partial charge in [-0.25, -0.2) is 0 Å². The lowest BCUT2D eigenvalue weighted by Crippen LogP contribution is -2.34. The van der Waals surface area contributed by atoms with Crippen molar-refractivity contribution in [1.82, 2.24) is 5.32 Å². The van der Waals surface area contributed by atoms with E-state index in [1.807, 2.05) is 43.3 Å². The molecule has 1 heterocycles. The van der Waals surface area contributed by atoms with Crippen LogP contribution >= 0.6 is 27.7 Å². The topological polar surface area (TPSA) is 29.1 Å². The first-order chi connectivity index (χ1) is 10.1. The predicted molar refractivity (Wildman–Crippen MR) is 90.5 cm³/mol. The van der Waals surface area contributed by atoms with Crippen molar-refractivity contribution in [2.24, 2.45) is 0 Å². The van der Waals surface area contributed by atoms with E-state index in [0.29, 0.717) is 0 Å². The number of benzene rings is 2. The number of fused-ring (bicyclic) bond motifs is 1. The molecular weight excluding hydrogens is 346 g/mol. The van der Waals surface area contributed by atoms with Gasteiger partial charge in [0.15, 0.2) is 0 Å². The summed E-state index contributed by atoms with van der Waals surface area (Å²) in [5, 5.41) is 3.10. The standard InChI is InChI=1S/C17H16BrNOS/c1-11(12-6-4-7-14(18)9-12)19-17(20)16-10-13-5-2-3-8-15(13)21-16/h2-9,11,16H,10H2,1H3,(H,19,20). The zero-order chi connectivity index (χ0) is 14.8. The molecule has 2 atom stereocenters. The maximum Gasteiger partial charge on any atom is 0.234 e. The Bertz CT molecular complexity index is 648. The van der Waals surface area contributed by atoms with Crippen LogP contribution in [0.15, 0.2) is 57.9 Å². The van der Waals surface area contributed by atoms with Gasteiger partial charge in [0.1, 0.15) is 0 Å². The van der Waals surface area contributed by atoms with Crippen molar-refractivity contribution in [3.63, 3.8) is 0 Å². The molecule has 1 aliphatic heterocycles. The van der Waals surface area contributed by atoms with E-state index >= 15 is 0 Å². The van der Waals surface area contributed by atoms with Crippen molar-refractivity contribution >= 4 is 33.6 Å². The Morgan fingerprint density at radius 2 is 2.10 bits per heavy atom. The summed E-state index contributed by atoms with van der Waals surface area (Å²) < 4.78 is 1.03. The molecule has 108 valence electrons. The Morgan fingerprint density at radius 1 is 1.29 bits per heavy atom. The third-order valence-electron chi connectivity index (χ3n) is 3.65.